The quantitative estimate of drug-likeness (QED) is 0.229. The summed E-state index contributed by atoms with van der Waals surface area (Å²) >= 11 is 0. The first kappa shape index (κ1) is 25.2. The van der Waals surface area contributed by atoms with Crippen molar-refractivity contribution >= 4 is 17.0 Å². The zero-order chi connectivity index (χ0) is 26.7. The predicted molar refractivity (Wildman–Crippen MR) is 140 cm³/mol. The molecule has 0 aliphatic carbocycles. The largest absolute Gasteiger partial charge is 0.465 e. The molecule has 2 N–H and O–H groups in total. The van der Waals surface area contributed by atoms with Gasteiger partial charge in [-0.15, -0.1) is 0 Å². The number of halogens is 3. The third-order valence-corrected chi connectivity index (χ3v) is 6.24. The second kappa shape index (κ2) is 10.5. The van der Waals surface area contributed by atoms with Gasteiger partial charge in [0.05, 0.1) is 29.3 Å². The lowest BCUT2D eigenvalue weighted by atomic mass is 10.0. The van der Waals surface area contributed by atoms with Crippen molar-refractivity contribution in [3.8, 4) is 22.5 Å². The van der Waals surface area contributed by atoms with Crippen molar-refractivity contribution in [1.82, 2.24) is 15.3 Å². The molecule has 38 heavy (non-hydrogen) atoms. The molecule has 0 unspecified atom stereocenters. The van der Waals surface area contributed by atoms with Crippen LogP contribution >= 0.6 is 0 Å². The Morgan fingerprint density at radius 1 is 0.842 bits per heavy atom. The maximum absolute atomic E-state index is 13.1. The number of alkyl halides is 3. The number of carbonyl (C=O) groups excluding carboxylic acids is 1. The number of carbonyl (C=O) groups is 1. The first-order valence-corrected chi connectivity index (χ1v) is 11.9. The van der Waals surface area contributed by atoms with Crippen molar-refractivity contribution in [2.24, 2.45) is 0 Å². The van der Waals surface area contributed by atoms with Crippen LogP contribution in [0.4, 0.5) is 13.2 Å². The van der Waals surface area contributed by atoms with Gasteiger partial charge in [-0.2, -0.15) is 13.2 Å². The van der Waals surface area contributed by atoms with Crippen LogP contribution in [0.2, 0.25) is 0 Å². The van der Waals surface area contributed by atoms with Gasteiger partial charge in [0.15, 0.2) is 0 Å². The third-order valence-electron chi connectivity index (χ3n) is 6.24. The number of hydrogen-bond donors (Lipinski definition) is 2. The third kappa shape index (κ3) is 5.60. The lowest BCUT2D eigenvalue weighted by Gasteiger charge is -2.08. The summed E-state index contributed by atoms with van der Waals surface area (Å²) < 4.78 is 44.0. The lowest BCUT2D eigenvalue weighted by Crippen LogP contribution is -2.13. The molecule has 0 amide bonds. The average Bonchev–Trinajstić information content (AvgIpc) is 3.37. The maximum atomic E-state index is 13.1. The highest BCUT2D eigenvalue weighted by Crippen LogP contribution is 2.32. The van der Waals surface area contributed by atoms with Crippen molar-refractivity contribution in [2.45, 2.75) is 19.3 Å². The van der Waals surface area contributed by atoms with E-state index < -0.39 is 11.7 Å². The first-order chi connectivity index (χ1) is 18.3. The van der Waals surface area contributed by atoms with Crippen molar-refractivity contribution < 1.29 is 22.7 Å². The monoisotopic (exact) mass is 515 g/mol. The highest BCUT2D eigenvalue weighted by atomic mass is 19.4. The Balaban J connectivity index is 1.27. The summed E-state index contributed by atoms with van der Waals surface area (Å²) in [6.45, 7) is 1.26. The van der Waals surface area contributed by atoms with Crippen LogP contribution < -0.4 is 5.32 Å². The summed E-state index contributed by atoms with van der Waals surface area (Å²) in [7, 11) is 1.36. The van der Waals surface area contributed by atoms with Crippen LogP contribution in [0, 0.1) is 0 Å². The van der Waals surface area contributed by atoms with E-state index in [1.54, 1.807) is 6.07 Å². The Hall–Kier alpha value is -4.43. The smallest absolute Gasteiger partial charge is 0.416 e. The van der Waals surface area contributed by atoms with Gasteiger partial charge in [0.2, 0.25) is 0 Å². The van der Waals surface area contributed by atoms with Crippen LogP contribution in [-0.4, -0.2) is 23.0 Å². The fourth-order valence-electron chi connectivity index (χ4n) is 4.26. The van der Waals surface area contributed by atoms with Gasteiger partial charge < -0.3 is 15.0 Å². The lowest BCUT2D eigenvalue weighted by molar-refractivity contribution is -0.137. The van der Waals surface area contributed by atoms with Crippen molar-refractivity contribution in [3.63, 3.8) is 0 Å². The van der Waals surface area contributed by atoms with Crippen LogP contribution in [0.1, 0.15) is 27.0 Å². The van der Waals surface area contributed by atoms with Crippen molar-refractivity contribution in [3.05, 3.63) is 113 Å². The number of nitrogens with zero attached hydrogens (tertiary/aromatic N) is 1. The zero-order valence-corrected chi connectivity index (χ0v) is 20.5. The standard InChI is InChI=1S/C30H24F3N3O2/c1-38-29(37)24-7-2-4-20(14-24)18-34-17-19-8-10-21(11-9-19)22-5-3-6-23(15-22)28-35-26-13-12-25(30(31,32)33)16-27(26)36-28/h2-16,34H,17-18H2,1H3,(H,35,36). The van der Waals surface area contributed by atoms with E-state index in [0.29, 0.717) is 35.5 Å². The van der Waals surface area contributed by atoms with Crippen LogP contribution in [0.5, 0.6) is 0 Å². The highest BCUT2D eigenvalue weighted by Gasteiger charge is 2.30. The first-order valence-electron chi connectivity index (χ1n) is 11.9. The molecule has 0 saturated carbocycles. The summed E-state index contributed by atoms with van der Waals surface area (Å²) in [5.74, 6) is 0.153. The summed E-state index contributed by atoms with van der Waals surface area (Å²) in [6, 6.07) is 26.7. The highest BCUT2D eigenvalue weighted by molar-refractivity contribution is 5.89. The van der Waals surface area contributed by atoms with E-state index in [-0.39, 0.29) is 5.97 Å². The summed E-state index contributed by atoms with van der Waals surface area (Å²) in [5, 5.41) is 3.38. The van der Waals surface area contributed by atoms with Crippen LogP contribution in [-0.2, 0) is 24.0 Å². The van der Waals surface area contributed by atoms with Gasteiger partial charge in [0, 0.05) is 18.7 Å². The van der Waals surface area contributed by atoms with Crippen molar-refractivity contribution in [1.29, 1.82) is 0 Å². The zero-order valence-electron chi connectivity index (χ0n) is 20.5. The van der Waals surface area contributed by atoms with Crippen LogP contribution in [0.25, 0.3) is 33.5 Å². The molecule has 0 saturated heterocycles. The number of aromatic nitrogens is 2. The number of nitrogens with one attached hydrogen (secondary N) is 2. The van der Waals surface area contributed by atoms with Gasteiger partial charge in [-0.3, -0.25) is 0 Å². The van der Waals surface area contributed by atoms with E-state index in [9.17, 15) is 18.0 Å². The number of H-pyrrole nitrogens is 1. The topological polar surface area (TPSA) is 67.0 Å². The predicted octanol–water partition coefficient (Wildman–Crippen LogP) is 6.99. The van der Waals surface area contributed by atoms with Gasteiger partial charge in [0.25, 0.3) is 0 Å². The molecule has 1 aromatic heterocycles. The summed E-state index contributed by atoms with van der Waals surface area (Å²) in [6.07, 6.45) is -4.41. The van der Waals surface area contributed by atoms with Gasteiger partial charge in [-0.25, -0.2) is 9.78 Å². The molecule has 5 aromatic rings. The van der Waals surface area contributed by atoms with E-state index in [2.05, 4.69) is 15.3 Å². The number of esters is 1. The Morgan fingerprint density at radius 2 is 1.58 bits per heavy atom. The van der Waals surface area contributed by atoms with Gasteiger partial charge in [0.1, 0.15) is 5.82 Å². The van der Waals surface area contributed by atoms with Gasteiger partial charge in [-0.1, -0.05) is 54.6 Å². The van der Waals surface area contributed by atoms with Crippen LogP contribution in [0.15, 0.2) is 91.0 Å². The molecule has 0 aliphatic heterocycles. The molecule has 1 heterocycles. The van der Waals surface area contributed by atoms with Crippen LogP contribution in [0.3, 0.4) is 0 Å². The number of hydrogen-bond acceptors (Lipinski definition) is 4. The Bertz CT molecular complexity index is 1590. The fourth-order valence-corrected chi connectivity index (χ4v) is 4.26. The number of fused-ring (bicyclic) bond motifs is 1. The molecule has 0 radical (unpaired) electrons. The second-order valence-electron chi connectivity index (χ2n) is 8.89. The Kier molecular flexibility index (Phi) is 6.98. The minimum Gasteiger partial charge on any atom is -0.465 e. The number of rotatable bonds is 7. The molecule has 192 valence electrons. The number of imidazole rings is 1. The summed E-state index contributed by atoms with van der Waals surface area (Å²) in [4.78, 5) is 19.2. The minimum absolute atomic E-state index is 0.342. The normalized spacial score (nSPS) is 11.6. The fraction of sp³-hybridized carbons (Fsp3) is 0.133. The molecular weight excluding hydrogens is 491 g/mol. The maximum Gasteiger partial charge on any atom is 0.416 e. The van der Waals surface area contributed by atoms with Gasteiger partial charge >= 0.3 is 12.1 Å². The van der Waals surface area contributed by atoms with E-state index >= 15 is 0 Å². The summed E-state index contributed by atoms with van der Waals surface area (Å²) in [5.41, 5.74) is 5.49. The van der Waals surface area contributed by atoms with E-state index in [1.807, 2.05) is 66.7 Å². The Labute approximate surface area is 217 Å². The van der Waals surface area contributed by atoms with E-state index in [0.717, 1.165) is 39.9 Å². The molecular formula is C30H24F3N3O2. The number of benzene rings is 4. The SMILES string of the molecule is COC(=O)c1cccc(CNCc2ccc(-c3cccc(-c4nc5ccc(C(F)(F)F)cc5[nH]4)c3)cc2)c1. The number of methoxy groups -OCH3 is 1. The molecule has 0 atom stereocenters. The molecule has 0 spiro atoms. The second-order valence-corrected chi connectivity index (χ2v) is 8.89. The Morgan fingerprint density at radius 3 is 2.34 bits per heavy atom. The molecule has 0 fully saturated rings. The molecule has 8 heteroatoms. The molecule has 0 aliphatic rings. The molecule has 5 nitrogen and oxygen atoms in total. The van der Waals surface area contributed by atoms with E-state index in [4.69, 9.17) is 4.74 Å². The average molecular weight is 516 g/mol. The molecule has 0 bridgehead atoms. The molecule has 5 rings (SSSR count). The number of aromatic amines is 1. The van der Waals surface area contributed by atoms with Crippen molar-refractivity contribution in [2.75, 3.05) is 7.11 Å². The number of ether oxygens (including phenoxy) is 1. The van der Waals surface area contributed by atoms with Gasteiger partial charge in [-0.05, 0) is 58.7 Å². The molecule has 4 aromatic carbocycles. The van der Waals surface area contributed by atoms with E-state index in [1.165, 1.54) is 13.2 Å². The minimum atomic E-state index is -4.41.